The van der Waals surface area contributed by atoms with Crippen LogP contribution < -0.4 is 11.1 Å². The molecule has 0 bridgehead atoms. The zero-order valence-electron chi connectivity index (χ0n) is 9.62. The van der Waals surface area contributed by atoms with Gasteiger partial charge in [-0.1, -0.05) is 6.42 Å². The Morgan fingerprint density at radius 2 is 2.07 bits per heavy atom. The van der Waals surface area contributed by atoms with Crippen LogP contribution >= 0.6 is 0 Å². The summed E-state index contributed by atoms with van der Waals surface area (Å²) in [4.78, 5) is 11.3. The molecule has 0 aromatic rings. The highest BCUT2D eigenvalue weighted by Crippen LogP contribution is 1.98. The number of amides is 1. The summed E-state index contributed by atoms with van der Waals surface area (Å²) in [5.74, 6) is 0.0457. The van der Waals surface area contributed by atoms with Crippen molar-refractivity contribution in [2.75, 3.05) is 19.3 Å². The Balaban J connectivity index is 3.45. The number of hydrogen-bond donors (Lipinski definition) is 2. The van der Waals surface area contributed by atoms with Gasteiger partial charge in [0.1, 0.15) is 0 Å². The minimum absolute atomic E-state index is 0.0259. The van der Waals surface area contributed by atoms with Crippen LogP contribution in [0.5, 0.6) is 0 Å². The normalized spacial score (nSPS) is 14.6. The number of nitrogens with two attached hydrogens (primary N) is 1. The molecular formula is C10H22N2O2S. The van der Waals surface area contributed by atoms with Crippen LogP contribution in [0.15, 0.2) is 0 Å². The van der Waals surface area contributed by atoms with Gasteiger partial charge >= 0.3 is 0 Å². The minimum atomic E-state index is -0.867. The summed E-state index contributed by atoms with van der Waals surface area (Å²) in [5.41, 5.74) is 5.34. The Morgan fingerprint density at radius 3 is 2.60 bits per heavy atom. The molecule has 2 atom stereocenters. The predicted molar refractivity (Wildman–Crippen MR) is 64.1 cm³/mol. The summed E-state index contributed by atoms with van der Waals surface area (Å²) in [6, 6.07) is 0. The summed E-state index contributed by atoms with van der Waals surface area (Å²) in [7, 11) is -0.867. The second-order valence-corrected chi connectivity index (χ2v) is 5.51. The van der Waals surface area contributed by atoms with Crippen molar-refractivity contribution in [2.24, 2.45) is 5.73 Å². The van der Waals surface area contributed by atoms with E-state index in [1.807, 2.05) is 6.92 Å². The molecule has 0 aliphatic heterocycles. The summed E-state index contributed by atoms with van der Waals surface area (Å²) in [6.07, 6.45) is 5.05. The molecule has 0 aliphatic rings. The average Bonchev–Trinajstić information content (AvgIpc) is 2.20. The van der Waals surface area contributed by atoms with Gasteiger partial charge in [-0.15, -0.1) is 0 Å². The molecule has 0 aliphatic carbocycles. The van der Waals surface area contributed by atoms with E-state index in [9.17, 15) is 9.00 Å². The van der Waals surface area contributed by atoms with E-state index in [0.717, 1.165) is 19.3 Å². The van der Waals surface area contributed by atoms with Gasteiger partial charge in [-0.3, -0.25) is 9.00 Å². The first-order valence-electron chi connectivity index (χ1n) is 5.37. The predicted octanol–water partition coefficient (Wildman–Crippen LogP) is 0.389. The molecule has 0 saturated heterocycles. The Labute approximate surface area is 94.4 Å². The molecular weight excluding hydrogens is 212 g/mol. The number of hydrogen-bond acceptors (Lipinski definition) is 3. The van der Waals surface area contributed by atoms with Crippen LogP contribution in [0.1, 0.15) is 32.6 Å². The van der Waals surface area contributed by atoms with Crippen molar-refractivity contribution in [3.63, 3.8) is 0 Å². The fourth-order valence-corrected chi connectivity index (χ4v) is 1.39. The van der Waals surface area contributed by atoms with Crippen molar-refractivity contribution in [3.8, 4) is 0 Å². The Morgan fingerprint density at radius 1 is 1.40 bits per heavy atom. The number of carbonyl (C=O) groups excluding carboxylic acids is 1. The molecule has 15 heavy (non-hydrogen) atoms. The Kier molecular flexibility index (Phi) is 8.61. The van der Waals surface area contributed by atoms with Crippen molar-refractivity contribution in [1.82, 2.24) is 5.32 Å². The summed E-state index contributed by atoms with van der Waals surface area (Å²) >= 11 is 0. The van der Waals surface area contributed by atoms with Gasteiger partial charge in [-0.2, -0.15) is 0 Å². The first kappa shape index (κ1) is 14.6. The van der Waals surface area contributed by atoms with Crippen LogP contribution in [0, 0.1) is 0 Å². The summed E-state index contributed by atoms with van der Waals surface area (Å²) in [5, 5.41) is 2.80. The number of carbonyl (C=O) groups is 1. The Bertz CT molecular complexity index is 210. The number of rotatable bonds is 8. The van der Waals surface area contributed by atoms with Crippen LogP contribution in [0.2, 0.25) is 0 Å². The molecule has 0 fully saturated rings. The lowest BCUT2D eigenvalue weighted by Crippen LogP contribution is -2.32. The van der Waals surface area contributed by atoms with Gasteiger partial charge < -0.3 is 11.1 Å². The second-order valence-electron chi connectivity index (χ2n) is 3.71. The molecule has 1 amide bonds. The fraction of sp³-hybridized carbons (Fsp3) is 0.900. The molecule has 2 unspecified atom stereocenters. The van der Waals surface area contributed by atoms with Crippen LogP contribution in [-0.2, 0) is 15.6 Å². The molecule has 0 saturated carbocycles. The minimum Gasteiger partial charge on any atom is -0.355 e. The number of nitrogens with one attached hydrogen (secondary N) is 1. The van der Waals surface area contributed by atoms with Crippen molar-refractivity contribution in [3.05, 3.63) is 0 Å². The lowest BCUT2D eigenvalue weighted by atomic mass is 10.2. The highest BCUT2D eigenvalue weighted by molar-refractivity contribution is 7.84. The standard InChI is InChI=1S/C10H22N2O2S/c1-9(15(2)14)8-12-10(13)6-4-3-5-7-11/h9H,3-8,11H2,1-2H3,(H,12,13). The molecule has 4 nitrogen and oxygen atoms in total. The van der Waals surface area contributed by atoms with Crippen molar-refractivity contribution in [2.45, 2.75) is 37.9 Å². The highest BCUT2D eigenvalue weighted by Gasteiger charge is 2.07. The maximum Gasteiger partial charge on any atom is 0.220 e. The van der Waals surface area contributed by atoms with Gasteiger partial charge in [0, 0.05) is 35.3 Å². The first-order valence-corrected chi connectivity index (χ1v) is 6.99. The van der Waals surface area contributed by atoms with Crippen molar-refractivity contribution in [1.29, 1.82) is 0 Å². The molecule has 0 aromatic carbocycles. The van der Waals surface area contributed by atoms with Crippen LogP contribution in [0.25, 0.3) is 0 Å². The zero-order valence-corrected chi connectivity index (χ0v) is 10.4. The van der Waals surface area contributed by atoms with Gasteiger partial charge in [0.2, 0.25) is 5.91 Å². The van der Waals surface area contributed by atoms with E-state index in [2.05, 4.69) is 5.32 Å². The largest absolute Gasteiger partial charge is 0.355 e. The summed E-state index contributed by atoms with van der Waals surface area (Å²) < 4.78 is 11.0. The SMILES string of the molecule is CC(CNC(=O)CCCCCN)S(C)=O. The van der Waals surface area contributed by atoms with Crippen LogP contribution in [0.4, 0.5) is 0 Å². The Hall–Kier alpha value is -0.420. The lowest BCUT2D eigenvalue weighted by Gasteiger charge is -2.09. The smallest absolute Gasteiger partial charge is 0.220 e. The average molecular weight is 234 g/mol. The molecule has 3 N–H and O–H groups in total. The van der Waals surface area contributed by atoms with E-state index in [0.29, 0.717) is 19.5 Å². The van der Waals surface area contributed by atoms with E-state index >= 15 is 0 Å². The molecule has 0 heterocycles. The first-order chi connectivity index (χ1) is 7.07. The molecule has 0 radical (unpaired) electrons. The molecule has 0 aromatic heterocycles. The van der Waals surface area contributed by atoms with Crippen LogP contribution in [-0.4, -0.2) is 34.7 Å². The van der Waals surface area contributed by atoms with Gasteiger partial charge in [0.25, 0.3) is 0 Å². The second kappa shape index (κ2) is 8.85. The van der Waals surface area contributed by atoms with Crippen molar-refractivity contribution >= 4 is 16.7 Å². The lowest BCUT2D eigenvalue weighted by molar-refractivity contribution is -0.121. The topological polar surface area (TPSA) is 72.2 Å². The molecule has 90 valence electrons. The van der Waals surface area contributed by atoms with Crippen LogP contribution in [0.3, 0.4) is 0 Å². The van der Waals surface area contributed by atoms with Gasteiger partial charge in [-0.05, 0) is 26.3 Å². The van der Waals surface area contributed by atoms with Gasteiger partial charge in [0.15, 0.2) is 0 Å². The third-order valence-electron chi connectivity index (χ3n) is 2.26. The fourth-order valence-electron chi connectivity index (χ4n) is 1.07. The van der Waals surface area contributed by atoms with E-state index in [1.165, 1.54) is 0 Å². The summed E-state index contributed by atoms with van der Waals surface area (Å²) in [6.45, 7) is 3.05. The third kappa shape index (κ3) is 8.57. The van der Waals surface area contributed by atoms with E-state index < -0.39 is 10.8 Å². The highest BCUT2D eigenvalue weighted by atomic mass is 32.2. The van der Waals surface area contributed by atoms with Gasteiger partial charge in [0.05, 0.1) is 0 Å². The molecule has 5 heteroatoms. The number of unbranched alkanes of at least 4 members (excludes halogenated alkanes) is 2. The maximum atomic E-state index is 11.3. The maximum absolute atomic E-state index is 11.3. The quantitative estimate of drug-likeness (QED) is 0.597. The van der Waals surface area contributed by atoms with E-state index in [1.54, 1.807) is 6.26 Å². The molecule has 0 rings (SSSR count). The van der Waals surface area contributed by atoms with E-state index in [4.69, 9.17) is 5.73 Å². The third-order valence-corrected chi connectivity index (χ3v) is 3.56. The van der Waals surface area contributed by atoms with E-state index in [-0.39, 0.29) is 11.2 Å². The molecule has 0 spiro atoms. The van der Waals surface area contributed by atoms with Crippen molar-refractivity contribution < 1.29 is 9.00 Å². The monoisotopic (exact) mass is 234 g/mol. The zero-order chi connectivity index (χ0) is 11.7. The van der Waals surface area contributed by atoms with Gasteiger partial charge in [-0.25, -0.2) is 0 Å².